The third-order valence-corrected chi connectivity index (χ3v) is 5.62. The van der Waals surface area contributed by atoms with Gasteiger partial charge in [-0.15, -0.1) is 0 Å². The quantitative estimate of drug-likeness (QED) is 0.522. The molecule has 0 unspecified atom stereocenters. The van der Waals surface area contributed by atoms with Crippen molar-refractivity contribution in [1.82, 2.24) is 10.2 Å². The van der Waals surface area contributed by atoms with Gasteiger partial charge in [-0.2, -0.15) is 0 Å². The van der Waals surface area contributed by atoms with Crippen molar-refractivity contribution in [1.29, 1.82) is 0 Å². The zero-order valence-electron chi connectivity index (χ0n) is 15.8. The predicted molar refractivity (Wildman–Crippen MR) is 101 cm³/mol. The highest BCUT2D eigenvalue weighted by atomic mass is 16.7. The van der Waals surface area contributed by atoms with E-state index in [-0.39, 0.29) is 40.6 Å². The standard InChI is InChI=1S/C19H18N4O6/c1-19(2)5-9-15(11(24)6-19)14(16-17(20-9)21-22-18(16)25)8-3-12-13(29-7-28-12)4-10(8)23(26)27/h3-4,14H,5-7H2,1-2H3,(H3,20,21,22,25)/t14-/m0/s1. The minimum Gasteiger partial charge on any atom is -0.454 e. The zero-order chi connectivity index (χ0) is 20.5. The normalized spacial score (nSPS) is 21.4. The molecule has 3 aliphatic rings. The summed E-state index contributed by atoms with van der Waals surface area (Å²) in [4.78, 5) is 37.0. The lowest BCUT2D eigenvalue weighted by Crippen LogP contribution is -2.35. The van der Waals surface area contributed by atoms with E-state index in [0.717, 1.165) is 0 Å². The van der Waals surface area contributed by atoms with Crippen molar-refractivity contribution < 1.29 is 19.2 Å². The highest BCUT2D eigenvalue weighted by molar-refractivity contribution is 6.01. The maximum Gasteiger partial charge on any atom is 0.277 e. The lowest BCUT2D eigenvalue weighted by atomic mass is 9.69. The van der Waals surface area contributed by atoms with E-state index in [0.29, 0.717) is 35.7 Å². The molecule has 10 heteroatoms. The van der Waals surface area contributed by atoms with Crippen LogP contribution in [-0.2, 0) is 4.79 Å². The number of hydrogen-bond donors (Lipinski definition) is 3. The molecule has 0 spiro atoms. The first kappa shape index (κ1) is 17.5. The van der Waals surface area contributed by atoms with Crippen LogP contribution in [0.1, 0.15) is 43.7 Å². The summed E-state index contributed by atoms with van der Waals surface area (Å²) in [6.07, 6.45) is 0.871. The fourth-order valence-electron chi connectivity index (χ4n) is 4.47. The van der Waals surface area contributed by atoms with Crippen molar-refractivity contribution in [3.63, 3.8) is 0 Å². The fraction of sp³-hybridized carbons (Fsp3) is 0.368. The number of Topliss-reactive ketones (excluding diaryl/α,β-unsaturated/α-hetero) is 1. The number of allylic oxidation sites excluding steroid dienone is 2. The molecule has 1 atom stereocenters. The van der Waals surface area contributed by atoms with Gasteiger partial charge in [0.25, 0.3) is 11.2 Å². The number of carbonyl (C=O) groups is 1. The number of carbonyl (C=O) groups excluding carboxylic acids is 1. The van der Waals surface area contributed by atoms with E-state index in [1.807, 2.05) is 13.8 Å². The number of aromatic nitrogens is 2. The molecule has 1 aromatic carbocycles. The van der Waals surface area contributed by atoms with E-state index in [4.69, 9.17) is 9.47 Å². The van der Waals surface area contributed by atoms with Gasteiger partial charge in [-0.25, -0.2) is 0 Å². The Labute approximate surface area is 164 Å². The number of ketones is 1. The minimum atomic E-state index is -0.880. The topological polar surface area (TPSA) is 139 Å². The van der Waals surface area contributed by atoms with Crippen molar-refractivity contribution in [3.05, 3.63) is 55.0 Å². The van der Waals surface area contributed by atoms with Crippen LogP contribution in [0.2, 0.25) is 0 Å². The summed E-state index contributed by atoms with van der Waals surface area (Å²) >= 11 is 0. The Morgan fingerprint density at radius 2 is 1.86 bits per heavy atom. The molecular formula is C19H18N4O6. The number of nitro groups is 1. The third kappa shape index (κ3) is 2.55. The third-order valence-electron chi connectivity index (χ3n) is 5.62. The van der Waals surface area contributed by atoms with Crippen molar-refractivity contribution in [2.45, 2.75) is 32.6 Å². The molecule has 29 heavy (non-hydrogen) atoms. The number of anilines is 1. The first-order chi connectivity index (χ1) is 13.7. The van der Waals surface area contributed by atoms with Gasteiger partial charge in [0.05, 0.1) is 22.5 Å². The van der Waals surface area contributed by atoms with Crippen LogP contribution < -0.4 is 20.3 Å². The molecule has 3 heterocycles. The van der Waals surface area contributed by atoms with Crippen LogP contribution in [0.5, 0.6) is 11.5 Å². The molecular weight excluding hydrogens is 380 g/mol. The van der Waals surface area contributed by atoms with Crippen LogP contribution in [0.4, 0.5) is 11.5 Å². The van der Waals surface area contributed by atoms with Crippen LogP contribution >= 0.6 is 0 Å². The molecule has 10 nitrogen and oxygen atoms in total. The minimum absolute atomic E-state index is 0.0424. The van der Waals surface area contributed by atoms with Crippen molar-refractivity contribution in [2.24, 2.45) is 5.41 Å². The number of H-pyrrole nitrogens is 2. The second kappa shape index (κ2) is 5.72. The van der Waals surface area contributed by atoms with Gasteiger partial charge >= 0.3 is 0 Å². The van der Waals surface area contributed by atoms with E-state index in [1.165, 1.54) is 12.1 Å². The molecule has 1 aliphatic carbocycles. The zero-order valence-corrected chi connectivity index (χ0v) is 15.8. The number of ether oxygens (including phenoxy) is 2. The van der Waals surface area contributed by atoms with Crippen LogP contribution in [0.25, 0.3) is 0 Å². The Hall–Kier alpha value is -3.56. The molecule has 1 aromatic heterocycles. The summed E-state index contributed by atoms with van der Waals surface area (Å²) in [5.74, 6) is 0.0178. The van der Waals surface area contributed by atoms with Gasteiger partial charge in [-0.1, -0.05) is 13.8 Å². The summed E-state index contributed by atoms with van der Waals surface area (Å²) in [7, 11) is 0. The molecule has 3 N–H and O–H groups in total. The molecule has 2 aromatic rings. The fourth-order valence-corrected chi connectivity index (χ4v) is 4.47. The molecule has 0 fully saturated rings. The van der Waals surface area contributed by atoms with Crippen molar-refractivity contribution in [2.75, 3.05) is 12.1 Å². The van der Waals surface area contributed by atoms with Gasteiger partial charge in [0, 0.05) is 23.3 Å². The number of benzene rings is 1. The van der Waals surface area contributed by atoms with Gasteiger partial charge in [0.15, 0.2) is 17.3 Å². The summed E-state index contributed by atoms with van der Waals surface area (Å²) in [5.41, 5.74) is 0.620. The number of aromatic amines is 2. The van der Waals surface area contributed by atoms with Crippen LogP contribution in [0.3, 0.4) is 0 Å². The molecule has 0 saturated heterocycles. The number of rotatable bonds is 2. The summed E-state index contributed by atoms with van der Waals surface area (Å²) < 4.78 is 10.7. The Morgan fingerprint density at radius 1 is 1.14 bits per heavy atom. The molecule has 0 radical (unpaired) electrons. The number of fused-ring (bicyclic) bond motifs is 2. The summed E-state index contributed by atoms with van der Waals surface area (Å²) in [6.45, 7) is 3.94. The molecule has 0 amide bonds. The van der Waals surface area contributed by atoms with E-state index >= 15 is 0 Å². The number of nitrogens with one attached hydrogen (secondary N) is 3. The highest BCUT2D eigenvalue weighted by Gasteiger charge is 2.44. The first-order valence-corrected chi connectivity index (χ1v) is 9.17. The van der Waals surface area contributed by atoms with E-state index in [9.17, 15) is 19.7 Å². The maximum absolute atomic E-state index is 13.1. The van der Waals surface area contributed by atoms with Gasteiger partial charge in [0.1, 0.15) is 5.82 Å². The maximum atomic E-state index is 13.1. The first-order valence-electron chi connectivity index (χ1n) is 9.17. The smallest absolute Gasteiger partial charge is 0.277 e. The van der Waals surface area contributed by atoms with E-state index < -0.39 is 16.4 Å². The highest BCUT2D eigenvalue weighted by Crippen LogP contribution is 2.51. The molecule has 150 valence electrons. The largest absolute Gasteiger partial charge is 0.454 e. The number of hydrogen-bond acceptors (Lipinski definition) is 7. The molecule has 0 saturated carbocycles. The summed E-state index contributed by atoms with van der Waals surface area (Å²) in [6, 6.07) is 2.79. The molecule has 0 bridgehead atoms. The number of nitro benzene ring substituents is 1. The second-order valence-electron chi connectivity index (χ2n) is 8.28. The van der Waals surface area contributed by atoms with Crippen molar-refractivity contribution in [3.8, 4) is 11.5 Å². The SMILES string of the molecule is CC1(C)CC(=O)C2=C(C1)Nc1[nH][nH]c(=O)c1[C@H]2c1cc2c(cc1[N+](=O)[O-])OCO2. The Balaban J connectivity index is 1.80. The second-order valence-corrected chi connectivity index (χ2v) is 8.28. The van der Waals surface area contributed by atoms with E-state index in [2.05, 4.69) is 15.5 Å². The van der Waals surface area contributed by atoms with Gasteiger partial charge in [0.2, 0.25) is 6.79 Å². The molecule has 5 rings (SSSR count). The monoisotopic (exact) mass is 398 g/mol. The lowest BCUT2D eigenvalue weighted by molar-refractivity contribution is -0.385. The van der Waals surface area contributed by atoms with Gasteiger partial charge < -0.3 is 14.8 Å². The van der Waals surface area contributed by atoms with Crippen LogP contribution in [-0.4, -0.2) is 27.7 Å². The van der Waals surface area contributed by atoms with Crippen LogP contribution in [0.15, 0.2) is 28.2 Å². The predicted octanol–water partition coefficient (Wildman–Crippen LogP) is 2.54. The summed E-state index contributed by atoms with van der Waals surface area (Å²) in [5, 5.41) is 20.3. The Morgan fingerprint density at radius 3 is 2.59 bits per heavy atom. The van der Waals surface area contributed by atoms with Gasteiger partial charge in [-0.05, 0) is 17.9 Å². The van der Waals surface area contributed by atoms with E-state index in [1.54, 1.807) is 0 Å². The van der Waals surface area contributed by atoms with Gasteiger partial charge in [-0.3, -0.25) is 29.9 Å². The van der Waals surface area contributed by atoms with Crippen molar-refractivity contribution >= 4 is 17.3 Å². The molecule has 2 aliphatic heterocycles. The number of nitrogens with zero attached hydrogens (tertiary/aromatic N) is 1. The lowest BCUT2D eigenvalue weighted by Gasteiger charge is -2.37. The Kier molecular flexibility index (Phi) is 3.46. The van der Waals surface area contributed by atoms with Crippen LogP contribution in [0, 0.1) is 15.5 Å². The average Bonchev–Trinajstić information content (AvgIpc) is 3.24. The average molecular weight is 398 g/mol. The Bertz CT molecular complexity index is 1170.